The highest BCUT2D eigenvalue weighted by Gasteiger charge is 2.21. The Morgan fingerprint density at radius 1 is 0.909 bits per heavy atom. The van der Waals surface area contributed by atoms with Crippen molar-refractivity contribution in [3.63, 3.8) is 0 Å². The number of oxazole rings is 1. The Labute approximate surface area is 125 Å². The van der Waals surface area contributed by atoms with Crippen LogP contribution in [-0.2, 0) is 0 Å². The van der Waals surface area contributed by atoms with Crippen LogP contribution >= 0.6 is 0 Å². The van der Waals surface area contributed by atoms with Gasteiger partial charge >= 0.3 is 5.97 Å². The first-order valence-electron chi connectivity index (χ1n) is 6.55. The highest BCUT2D eigenvalue weighted by Crippen LogP contribution is 2.20. The fourth-order valence-electron chi connectivity index (χ4n) is 2.10. The van der Waals surface area contributed by atoms with E-state index in [4.69, 9.17) is 9.52 Å². The van der Waals surface area contributed by atoms with Gasteiger partial charge in [0.15, 0.2) is 0 Å². The minimum Gasteiger partial charge on any atom is -0.478 e. The van der Waals surface area contributed by atoms with Crippen molar-refractivity contribution in [3.8, 4) is 11.3 Å². The highest BCUT2D eigenvalue weighted by atomic mass is 16.4. The van der Waals surface area contributed by atoms with E-state index in [0.29, 0.717) is 5.69 Å². The molecule has 5 nitrogen and oxygen atoms in total. The van der Waals surface area contributed by atoms with Crippen molar-refractivity contribution in [2.75, 3.05) is 0 Å². The van der Waals surface area contributed by atoms with Crippen molar-refractivity contribution in [2.24, 2.45) is 0 Å². The Kier molecular flexibility index (Phi) is 3.53. The molecule has 22 heavy (non-hydrogen) atoms. The zero-order chi connectivity index (χ0) is 15.5. The van der Waals surface area contributed by atoms with Crippen molar-refractivity contribution < 1.29 is 19.1 Å². The quantitative estimate of drug-likeness (QED) is 0.747. The molecule has 1 N–H and O–H groups in total. The van der Waals surface area contributed by atoms with E-state index >= 15 is 0 Å². The summed E-state index contributed by atoms with van der Waals surface area (Å²) in [5.74, 6) is -1.86. The van der Waals surface area contributed by atoms with Gasteiger partial charge in [-0.2, -0.15) is 0 Å². The molecule has 0 bridgehead atoms. The number of hydrogen-bond donors (Lipinski definition) is 1. The fourth-order valence-corrected chi connectivity index (χ4v) is 2.10. The first kappa shape index (κ1) is 13.8. The number of rotatable bonds is 4. The number of carbonyl (C=O) groups is 2. The van der Waals surface area contributed by atoms with Crippen LogP contribution in [0, 0.1) is 0 Å². The summed E-state index contributed by atoms with van der Waals surface area (Å²) >= 11 is 0. The van der Waals surface area contributed by atoms with Crippen LogP contribution in [0.2, 0.25) is 0 Å². The summed E-state index contributed by atoms with van der Waals surface area (Å²) in [4.78, 5) is 27.7. The summed E-state index contributed by atoms with van der Waals surface area (Å²) in [5.41, 5.74) is 1.32. The second-order valence-corrected chi connectivity index (χ2v) is 4.58. The summed E-state index contributed by atoms with van der Waals surface area (Å²) in [7, 11) is 0. The van der Waals surface area contributed by atoms with Crippen LogP contribution in [0.3, 0.4) is 0 Å². The Bertz CT molecular complexity index is 837. The molecular formula is C17H11NO4. The zero-order valence-corrected chi connectivity index (χ0v) is 11.4. The lowest BCUT2D eigenvalue weighted by Gasteiger charge is -2.01. The minimum atomic E-state index is -1.17. The van der Waals surface area contributed by atoms with Gasteiger partial charge in [-0.3, -0.25) is 4.79 Å². The van der Waals surface area contributed by atoms with Crippen molar-refractivity contribution in [1.82, 2.24) is 4.98 Å². The molecule has 0 unspecified atom stereocenters. The molecule has 0 atom stereocenters. The number of aromatic carboxylic acids is 1. The van der Waals surface area contributed by atoms with E-state index in [1.807, 2.05) is 30.3 Å². The molecular weight excluding hydrogens is 282 g/mol. The molecule has 0 fully saturated rings. The molecule has 5 heteroatoms. The molecule has 108 valence electrons. The fraction of sp³-hybridized carbons (Fsp3) is 0. The second-order valence-electron chi connectivity index (χ2n) is 4.58. The number of carboxylic acids is 1. The summed E-state index contributed by atoms with van der Waals surface area (Å²) in [5, 5.41) is 9.14. The van der Waals surface area contributed by atoms with Crippen LogP contribution < -0.4 is 0 Å². The number of aromatic nitrogens is 1. The van der Waals surface area contributed by atoms with Gasteiger partial charge < -0.3 is 9.52 Å². The van der Waals surface area contributed by atoms with Gasteiger partial charge in [0.2, 0.25) is 5.78 Å². The zero-order valence-electron chi connectivity index (χ0n) is 11.4. The van der Waals surface area contributed by atoms with Gasteiger partial charge in [0, 0.05) is 11.1 Å². The standard InChI is InChI=1S/C17H11NO4/c19-15(12-8-4-5-9-13(12)17(20)21)16-18-14(10-22-16)11-6-2-1-3-7-11/h1-10H,(H,20,21). The van der Waals surface area contributed by atoms with Crippen LogP contribution in [0.15, 0.2) is 65.3 Å². The smallest absolute Gasteiger partial charge is 0.336 e. The number of hydrogen-bond acceptors (Lipinski definition) is 4. The molecule has 0 radical (unpaired) electrons. The van der Waals surface area contributed by atoms with Gasteiger partial charge in [-0.25, -0.2) is 9.78 Å². The summed E-state index contributed by atoms with van der Waals surface area (Å²) < 4.78 is 5.22. The van der Waals surface area contributed by atoms with Crippen LogP contribution in [0.4, 0.5) is 0 Å². The normalized spacial score (nSPS) is 10.4. The van der Waals surface area contributed by atoms with Crippen LogP contribution in [0.5, 0.6) is 0 Å². The predicted molar refractivity (Wildman–Crippen MR) is 78.8 cm³/mol. The lowest BCUT2D eigenvalue weighted by molar-refractivity contribution is 0.0692. The Balaban J connectivity index is 1.98. The van der Waals surface area contributed by atoms with Crippen LogP contribution in [0.25, 0.3) is 11.3 Å². The third-order valence-corrected chi connectivity index (χ3v) is 3.17. The van der Waals surface area contributed by atoms with Gasteiger partial charge in [0.1, 0.15) is 12.0 Å². The van der Waals surface area contributed by atoms with E-state index in [9.17, 15) is 9.59 Å². The number of benzene rings is 2. The van der Waals surface area contributed by atoms with Crippen LogP contribution in [0.1, 0.15) is 26.6 Å². The average Bonchev–Trinajstić information content (AvgIpc) is 3.05. The minimum absolute atomic E-state index is 0.0523. The lowest BCUT2D eigenvalue weighted by atomic mass is 10.0. The van der Waals surface area contributed by atoms with Gasteiger partial charge in [0.25, 0.3) is 5.89 Å². The molecule has 2 aromatic carbocycles. The van der Waals surface area contributed by atoms with Gasteiger partial charge in [0.05, 0.1) is 5.56 Å². The molecule has 1 aromatic heterocycles. The molecule has 3 rings (SSSR count). The van der Waals surface area contributed by atoms with Crippen LogP contribution in [-0.4, -0.2) is 21.8 Å². The van der Waals surface area contributed by atoms with E-state index in [2.05, 4.69) is 4.98 Å². The Hall–Kier alpha value is -3.21. The van der Waals surface area contributed by atoms with Gasteiger partial charge in [-0.05, 0) is 12.1 Å². The molecule has 0 spiro atoms. The van der Waals surface area contributed by atoms with Crippen molar-refractivity contribution in [2.45, 2.75) is 0 Å². The molecule has 3 aromatic rings. The number of ketones is 1. The average molecular weight is 293 g/mol. The van der Waals surface area contributed by atoms with E-state index in [1.165, 1.54) is 18.4 Å². The molecule has 0 aliphatic heterocycles. The molecule has 1 heterocycles. The van der Waals surface area contributed by atoms with E-state index in [0.717, 1.165) is 5.56 Å². The monoisotopic (exact) mass is 293 g/mol. The Morgan fingerprint density at radius 2 is 1.55 bits per heavy atom. The molecule has 0 saturated heterocycles. The number of nitrogens with zero attached hydrogens (tertiary/aromatic N) is 1. The number of carbonyl (C=O) groups excluding carboxylic acids is 1. The van der Waals surface area contributed by atoms with Crippen molar-refractivity contribution in [1.29, 1.82) is 0 Å². The van der Waals surface area contributed by atoms with E-state index in [1.54, 1.807) is 12.1 Å². The third kappa shape index (κ3) is 2.52. The van der Waals surface area contributed by atoms with Gasteiger partial charge in [-0.1, -0.05) is 42.5 Å². The summed E-state index contributed by atoms with van der Waals surface area (Å²) in [6, 6.07) is 15.2. The second kappa shape index (κ2) is 5.65. The van der Waals surface area contributed by atoms with Crippen molar-refractivity contribution >= 4 is 11.8 Å². The highest BCUT2D eigenvalue weighted by molar-refractivity contribution is 6.12. The van der Waals surface area contributed by atoms with Gasteiger partial charge in [-0.15, -0.1) is 0 Å². The molecule has 0 aliphatic carbocycles. The largest absolute Gasteiger partial charge is 0.478 e. The molecule has 0 saturated carbocycles. The third-order valence-electron chi connectivity index (χ3n) is 3.17. The lowest BCUT2D eigenvalue weighted by Crippen LogP contribution is -2.09. The maximum Gasteiger partial charge on any atom is 0.336 e. The first-order chi connectivity index (χ1) is 10.7. The molecule has 0 aliphatic rings. The Morgan fingerprint density at radius 3 is 2.23 bits per heavy atom. The SMILES string of the molecule is O=C(O)c1ccccc1C(=O)c1nc(-c2ccccc2)co1. The number of carboxylic acid groups (broad SMARTS) is 1. The van der Waals surface area contributed by atoms with Crippen molar-refractivity contribution in [3.05, 3.63) is 77.9 Å². The van der Waals surface area contributed by atoms with E-state index < -0.39 is 11.8 Å². The maximum atomic E-state index is 12.4. The summed E-state index contributed by atoms with van der Waals surface area (Å²) in [6.07, 6.45) is 1.38. The predicted octanol–water partition coefficient (Wildman–Crippen LogP) is 3.27. The van der Waals surface area contributed by atoms with E-state index in [-0.39, 0.29) is 17.0 Å². The summed E-state index contributed by atoms with van der Waals surface area (Å²) in [6.45, 7) is 0. The molecule has 0 amide bonds. The topological polar surface area (TPSA) is 80.4 Å². The first-order valence-corrected chi connectivity index (χ1v) is 6.55. The maximum absolute atomic E-state index is 12.4.